The highest BCUT2D eigenvalue weighted by atomic mass is 32.2. The van der Waals surface area contributed by atoms with E-state index in [0.717, 1.165) is 4.90 Å². The van der Waals surface area contributed by atoms with Crippen LogP contribution >= 0.6 is 11.8 Å². The van der Waals surface area contributed by atoms with Crippen molar-refractivity contribution in [2.75, 3.05) is 6.61 Å². The summed E-state index contributed by atoms with van der Waals surface area (Å²) in [5.41, 5.74) is -0.299. The topological polar surface area (TPSA) is 64.1 Å². The van der Waals surface area contributed by atoms with E-state index < -0.39 is 5.69 Å². The Morgan fingerprint density at radius 1 is 1.25 bits per heavy atom. The Kier molecular flexibility index (Phi) is 4.81. The van der Waals surface area contributed by atoms with Gasteiger partial charge in [-0.15, -0.1) is 0 Å². The largest absolute Gasteiger partial charge is 0.361 e. The van der Waals surface area contributed by atoms with E-state index in [-0.39, 0.29) is 12.3 Å². The molecular formula is C14H16N2O3S. The fourth-order valence-electron chi connectivity index (χ4n) is 1.68. The number of nitrogens with zero attached hydrogens (tertiary/aromatic N) is 1. The first-order valence-electron chi connectivity index (χ1n) is 6.28. The molecule has 0 bridgehead atoms. The Hall–Kier alpha value is -1.79. The van der Waals surface area contributed by atoms with Crippen LogP contribution in [0.25, 0.3) is 0 Å². The second kappa shape index (κ2) is 6.58. The van der Waals surface area contributed by atoms with Crippen molar-refractivity contribution in [2.45, 2.75) is 30.5 Å². The third-order valence-electron chi connectivity index (χ3n) is 2.75. The Morgan fingerprint density at radius 3 is 2.60 bits per heavy atom. The second-order valence-corrected chi connectivity index (χ2v) is 5.22. The maximum absolute atomic E-state index is 11.9. The van der Waals surface area contributed by atoms with Gasteiger partial charge in [0.2, 0.25) is 0 Å². The van der Waals surface area contributed by atoms with Gasteiger partial charge in [-0.2, -0.15) is 0 Å². The van der Waals surface area contributed by atoms with Gasteiger partial charge in [-0.3, -0.25) is 14.3 Å². The van der Waals surface area contributed by atoms with Gasteiger partial charge in [0.05, 0.1) is 5.03 Å². The highest BCUT2D eigenvalue weighted by molar-refractivity contribution is 7.99. The smallest absolute Gasteiger partial charge is 0.331 e. The van der Waals surface area contributed by atoms with Crippen molar-refractivity contribution in [2.24, 2.45) is 0 Å². The molecule has 1 heterocycles. The Labute approximate surface area is 120 Å². The standard InChI is InChI=1S/C14H16N2O3S/c1-3-19-9-16-13(10(2)12(17)15-14(16)18)20-11-7-5-4-6-8-11/h4-8H,3,9H2,1-2H3,(H,15,17,18). The molecule has 0 saturated carbocycles. The van der Waals surface area contributed by atoms with E-state index in [1.54, 1.807) is 6.92 Å². The molecule has 0 unspecified atom stereocenters. The van der Waals surface area contributed by atoms with Crippen molar-refractivity contribution in [3.05, 3.63) is 56.7 Å². The predicted octanol–water partition coefficient (Wildman–Crippen LogP) is 1.99. The highest BCUT2D eigenvalue weighted by Crippen LogP contribution is 2.27. The number of nitrogens with one attached hydrogen (secondary N) is 1. The van der Waals surface area contributed by atoms with Gasteiger partial charge in [0.1, 0.15) is 6.73 Å². The van der Waals surface area contributed by atoms with E-state index in [1.165, 1.54) is 16.3 Å². The normalized spacial score (nSPS) is 10.7. The molecule has 1 aromatic heterocycles. The Bertz CT molecular complexity index is 692. The molecule has 0 saturated heterocycles. The van der Waals surface area contributed by atoms with Crippen LogP contribution in [0, 0.1) is 6.92 Å². The molecule has 0 radical (unpaired) electrons. The van der Waals surface area contributed by atoms with Crippen LogP contribution in [-0.2, 0) is 11.5 Å². The van der Waals surface area contributed by atoms with Gasteiger partial charge in [0, 0.05) is 17.1 Å². The maximum atomic E-state index is 11.9. The fourth-order valence-corrected chi connectivity index (χ4v) is 2.69. The van der Waals surface area contributed by atoms with E-state index >= 15 is 0 Å². The number of hydrogen-bond acceptors (Lipinski definition) is 4. The first-order valence-corrected chi connectivity index (χ1v) is 7.09. The zero-order chi connectivity index (χ0) is 14.5. The molecule has 0 aliphatic carbocycles. The van der Waals surface area contributed by atoms with Gasteiger partial charge < -0.3 is 4.74 Å². The molecule has 6 heteroatoms. The monoisotopic (exact) mass is 292 g/mol. The van der Waals surface area contributed by atoms with Crippen molar-refractivity contribution in [1.82, 2.24) is 9.55 Å². The van der Waals surface area contributed by atoms with Crippen LogP contribution in [-0.4, -0.2) is 16.2 Å². The van der Waals surface area contributed by atoms with Crippen LogP contribution in [0.3, 0.4) is 0 Å². The minimum atomic E-state index is -0.451. The average Bonchev–Trinajstić information content (AvgIpc) is 2.45. The van der Waals surface area contributed by atoms with Gasteiger partial charge in [-0.05, 0) is 26.0 Å². The lowest BCUT2D eigenvalue weighted by Crippen LogP contribution is -2.33. The van der Waals surface area contributed by atoms with Crippen LogP contribution in [0.4, 0.5) is 0 Å². The van der Waals surface area contributed by atoms with Gasteiger partial charge in [0.25, 0.3) is 5.56 Å². The second-order valence-electron chi connectivity index (χ2n) is 4.15. The molecular weight excluding hydrogens is 276 g/mol. The number of hydrogen-bond donors (Lipinski definition) is 1. The Morgan fingerprint density at radius 2 is 1.95 bits per heavy atom. The average molecular weight is 292 g/mol. The summed E-state index contributed by atoms with van der Waals surface area (Å²) < 4.78 is 6.74. The summed E-state index contributed by atoms with van der Waals surface area (Å²) in [5, 5.41) is 0.610. The summed E-state index contributed by atoms with van der Waals surface area (Å²) in [7, 11) is 0. The predicted molar refractivity (Wildman–Crippen MR) is 78.3 cm³/mol. The van der Waals surface area contributed by atoms with Crippen LogP contribution < -0.4 is 11.2 Å². The fraction of sp³-hybridized carbons (Fsp3) is 0.286. The number of aromatic amines is 1. The van der Waals surface area contributed by atoms with Crippen LogP contribution in [0.5, 0.6) is 0 Å². The summed E-state index contributed by atoms with van der Waals surface area (Å²) in [4.78, 5) is 26.9. The van der Waals surface area contributed by atoms with Gasteiger partial charge >= 0.3 is 5.69 Å². The molecule has 106 valence electrons. The molecule has 2 rings (SSSR count). The molecule has 2 aromatic rings. The van der Waals surface area contributed by atoms with E-state index in [9.17, 15) is 9.59 Å². The summed E-state index contributed by atoms with van der Waals surface area (Å²) >= 11 is 1.38. The molecule has 0 atom stereocenters. The van der Waals surface area contributed by atoms with Crippen molar-refractivity contribution in [3.63, 3.8) is 0 Å². The molecule has 0 aliphatic rings. The molecule has 20 heavy (non-hydrogen) atoms. The minimum absolute atomic E-state index is 0.127. The molecule has 0 aliphatic heterocycles. The van der Waals surface area contributed by atoms with Crippen LogP contribution in [0.2, 0.25) is 0 Å². The number of rotatable bonds is 5. The number of H-pyrrole nitrogens is 1. The highest BCUT2D eigenvalue weighted by Gasteiger charge is 2.12. The van der Waals surface area contributed by atoms with Crippen LogP contribution in [0.15, 0.2) is 49.8 Å². The summed E-state index contributed by atoms with van der Waals surface area (Å²) in [6.07, 6.45) is 0. The van der Waals surface area contributed by atoms with Crippen molar-refractivity contribution in [1.29, 1.82) is 0 Å². The molecule has 1 N–H and O–H groups in total. The lowest BCUT2D eigenvalue weighted by Gasteiger charge is -2.13. The van der Waals surface area contributed by atoms with Crippen LogP contribution in [0.1, 0.15) is 12.5 Å². The quantitative estimate of drug-likeness (QED) is 0.856. The van der Waals surface area contributed by atoms with E-state index in [1.807, 2.05) is 37.3 Å². The zero-order valence-corrected chi connectivity index (χ0v) is 12.2. The lowest BCUT2D eigenvalue weighted by atomic mass is 10.4. The summed E-state index contributed by atoms with van der Waals surface area (Å²) in [6, 6.07) is 9.61. The van der Waals surface area contributed by atoms with E-state index in [0.29, 0.717) is 17.2 Å². The number of aromatic nitrogens is 2. The molecule has 0 amide bonds. The molecule has 0 spiro atoms. The molecule has 5 nitrogen and oxygen atoms in total. The third kappa shape index (κ3) is 3.20. The van der Waals surface area contributed by atoms with Crippen molar-refractivity contribution in [3.8, 4) is 0 Å². The molecule has 1 aromatic carbocycles. The summed E-state index contributed by atoms with van der Waals surface area (Å²) in [6.45, 7) is 4.18. The van der Waals surface area contributed by atoms with Gasteiger partial charge in [0.15, 0.2) is 0 Å². The maximum Gasteiger partial charge on any atom is 0.331 e. The Balaban J connectivity index is 2.48. The van der Waals surface area contributed by atoms with E-state index in [2.05, 4.69) is 4.98 Å². The van der Waals surface area contributed by atoms with Gasteiger partial charge in [-0.25, -0.2) is 4.79 Å². The molecule has 0 fully saturated rings. The lowest BCUT2D eigenvalue weighted by molar-refractivity contribution is 0.0780. The minimum Gasteiger partial charge on any atom is -0.361 e. The first kappa shape index (κ1) is 14.6. The van der Waals surface area contributed by atoms with Gasteiger partial charge in [-0.1, -0.05) is 30.0 Å². The van der Waals surface area contributed by atoms with Crippen molar-refractivity contribution < 1.29 is 4.74 Å². The summed E-state index contributed by atoms with van der Waals surface area (Å²) in [5.74, 6) is 0. The number of ether oxygens (including phenoxy) is 1. The SMILES string of the molecule is CCOCn1c(Sc2ccccc2)c(C)c(=O)[nH]c1=O. The zero-order valence-electron chi connectivity index (χ0n) is 11.4. The van der Waals surface area contributed by atoms with Crippen molar-refractivity contribution >= 4 is 11.8 Å². The van der Waals surface area contributed by atoms with E-state index in [4.69, 9.17) is 4.74 Å². The number of benzene rings is 1. The third-order valence-corrected chi connectivity index (χ3v) is 3.98. The first-order chi connectivity index (χ1) is 9.63.